The first-order valence-electron chi connectivity index (χ1n) is 4.30. The van der Waals surface area contributed by atoms with E-state index >= 15 is 0 Å². The van der Waals surface area contributed by atoms with Crippen LogP contribution in [-0.4, -0.2) is 13.7 Å². The van der Waals surface area contributed by atoms with Crippen LogP contribution in [0.15, 0.2) is 18.2 Å². The van der Waals surface area contributed by atoms with Crippen molar-refractivity contribution >= 4 is 11.6 Å². The lowest BCUT2D eigenvalue weighted by Gasteiger charge is -2.05. The quantitative estimate of drug-likeness (QED) is 0.808. The van der Waals surface area contributed by atoms with E-state index in [1.165, 1.54) is 5.56 Å². The van der Waals surface area contributed by atoms with E-state index in [4.69, 9.17) is 22.1 Å². The minimum absolute atomic E-state index is 0.664. The maximum atomic E-state index is 5.95. The largest absolute Gasteiger partial charge is 0.495 e. The average molecular weight is 200 g/mol. The Morgan fingerprint density at radius 1 is 1.46 bits per heavy atom. The monoisotopic (exact) mass is 199 g/mol. The number of benzene rings is 1. The van der Waals surface area contributed by atoms with E-state index in [1.54, 1.807) is 7.11 Å². The highest BCUT2D eigenvalue weighted by Gasteiger charge is 2.00. The molecule has 0 aliphatic carbocycles. The van der Waals surface area contributed by atoms with Gasteiger partial charge in [-0.25, -0.2) is 0 Å². The minimum atomic E-state index is 0.664. The van der Waals surface area contributed by atoms with Crippen molar-refractivity contribution in [2.24, 2.45) is 5.73 Å². The molecule has 0 aliphatic heterocycles. The van der Waals surface area contributed by atoms with Gasteiger partial charge in [0, 0.05) is 0 Å². The Bertz CT molecular complexity index is 276. The van der Waals surface area contributed by atoms with Gasteiger partial charge in [-0.15, -0.1) is 0 Å². The van der Waals surface area contributed by atoms with E-state index < -0.39 is 0 Å². The Kier molecular flexibility index (Phi) is 4.06. The summed E-state index contributed by atoms with van der Waals surface area (Å²) in [6.07, 6.45) is 1.96. The summed E-state index contributed by atoms with van der Waals surface area (Å²) >= 11 is 5.95. The fourth-order valence-electron chi connectivity index (χ4n) is 1.17. The summed E-state index contributed by atoms with van der Waals surface area (Å²) < 4.78 is 5.05. The molecule has 0 unspecified atom stereocenters. The van der Waals surface area contributed by atoms with Crippen molar-refractivity contribution in [1.29, 1.82) is 0 Å². The SMILES string of the molecule is COc1ccc(CCCN)cc1Cl. The van der Waals surface area contributed by atoms with Crippen LogP contribution < -0.4 is 10.5 Å². The van der Waals surface area contributed by atoms with Crippen LogP contribution >= 0.6 is 11.6 Å². The van der Waals surface area contributed by atoms with Crippen LogP contribution in [0.5, 0.6) is 5.75 Å². The Balaban J connectivity index is 2.71. The number of nitrogens with two attached hydrogens (primary N) is 1. The highest BCUT2D eigenvalue weighted by Crippen LogP contribution is 2.25. The number of halogens is 1. The van der Waals surface area contributed by atoms with Gasteiger partial charge in [0.15, 0.2) is 0 Å². The minimum Gasteiger partial charge on any atom is -0.495 e. The highest BCUT2D eigenvalue weighted by molar-refractivity contribution is 6.32. The summed E-state index contributed by atoms with van der Waals surface area (Å²) in [5, 5.41) is 0.664. The topological polar surface area (TPSA) is 35.2 Å². The van der Waals surface area contributed by atoms with E-state index in [0.29, 0.717) is 11.6 Å². The Labute approximate surface area is 83.6 Å². The van der Waals surface area contributed by atoms with Gasteiger partial charge in [0.2, 0.25) is 0 Å². The second kappa shape index (κ2) is 5.10. The second-order valence-electron chi connectivity index (χ2n) is 2.86. The molecular weight excluding hydrogens is 186 g/mol. The molecule has 2 N–H and O–H groups in total. The van der Waals surface area contributed by atoms with Crippen LogP contribution in [-0.2, 0) is 6.42 Å². The molecule has 0 heterocycles. The second-order valence-corrected chi connectivity index (χ2v) is 3.27. The predicted octanol–water partition coefficient (Wildman–Crippen LogP) is 2.24. The van der Waals surface area contributed by atoms with Crippen molar-refractivity contribution in [1.82, 2.24) is 0 Å². The Hall–Kier alpha value is -0.730. The van der Waals surface area contributed by atoms with E-state index in [0.717, 1.165) is 18.6 Å². The summed E-state index contributed by atoms with van der Waals surface area (Å²) in [5.41, 5.74) is 6.62. The van der Waals surface area contributed by atoms with Gasteiger partial charge in [0.05, 0.1) is 12.1 Å². The Morgan fingerprint density at radius 3 is 2.77 bits per heavy atom. The molecule has 0 atom stereocenters. The summed E-state index contributed by atoms with van der Waals surface area (Å²) in [4.78, 5) is 0. The molecule has 2 nitrogen and oxygen atoms in total. The molecule has 3 heteroatoms. The molecule has 0 amide bonds. The van der Waals surface area contributed by atoms with Crippen molar-refractivity contribution in [3.63, 3.8) is 0 Å². The average Bonchev–Trinajstić information content (AvgIpc) is 2.15. The highest BCUT2D eigenvalue weighted by atomic mass is 35.5. The summed E-state index contributed by atoms with van der Waals surface area (Å²) in [6.45, 7) is 0.712. The lowest BCUT2D eigenvalue weighted by atomic mass is 10.1. The maximum Gasteiger partial charge on any atom is 0.137 e. The molecule has 1 aromatic carbocycles. The predicted molar refractivity (Wildman–Crippen MR) is 55.4 cm³/mol. The summed E-state index contributed by atoms with van der Waals surface area (Å²) in [6, 6.07) is 5.82. The normalized spacial score (nSPS) is 10.1. The van der Waals surface area contributed by atoms with Crippen LogP contribution in [0.1, 0.15) is 12.0 Å². The molecule has 1 rings (SSSR count). The van der Waals surface area contributed by atoms with E-state index in [9.17, 15) is 0 Å². The molecule has 13 heavy (non-hydrogen) atoms. The number of rotatable bonds is 4. The molecule has 0 fully saturated rings. The van der Waals surface area contributed by atoms with Gasteiger partial charge in [-0.2, -0.15) is 0 Å². The van der Waals surface area contributed by atoms with Crippen molar-refractivity contribution in [3.05, 3.63) is 28.8 Å². The molecular formula is C10H14ClNO. The molecule has 72 valence electrons. The van der Waals surface area contributed by atoms with Crippen molar-refractivity contribution in [2.75, 3.05) is 13.7 Å². The van der Waals surface area contributed by atoms with Crippen LogP contribution in [0, 0.1) is 0 Å². The molecule has 0 saturated heterocycles. The van der Waals surface area contributed by atoms with Gasteiger partial charge in [-0.05, 0) is 37.1 Å². The number of hydrogen-bond donors (Lipinski definition) is 1. The third-order valence-electron chi connectivity index (χ3n) is 1.89. The number of hydrogen-bond acceptors (Lipinski definition) is 2. The zero-order valence-electron chi connectivity index (χ0n) is 7.72. The first-order valence-corrected chi connectivity index (χ1v) is 4.68. The summed E-state index contributed by atoms with van der Waals surface area (Å²) in [5.74, 6) is 0.721. The third kappa shape index (κ3) is 2.90. The summed E-state index contributed by atoms with van der Waals surface area (Å²) in [7, 11) is 1.61. The van der Waals surface area contributed by atoms with E-state index in [1.807, 2.05) is 18.2 Å². The van der Waals surface area contributed by atoms with Crippen LogP contribution in [0.3, 0.4) is 0 Å². The number of ether oxygens (including phenoxy) is 1. The van der Waals surface area contributed by atoms with Crippen molar-refractivity contribution in [2.45, 2.75) is 12.8 Å². The zero-order chi connectivity index (χ0) is 9.68. The molecule has 0 aromatic heterocycles. The zero-order valence-corrected chi connectivity index (χ0v) is 8.47. The fourth-order valence-corrected chi connectivity index (χ4v) is 1.45. The van der Waals surface area contributed by atoms with Crippen LogP contribution in [0.4, 0.5) is 0 Å². The molecule has 1 aromatic rings. The Morgan fingerprint density at radius 2 is 2.23 bits per heavy atom. The number of aryl methyl sites for hydroxylation is 1. The van der Waals surface area contributed by atoms with Gasteiger partial charge in [0.1, 0.15) is 5.75 Å². The fraction of sp³-hybridized carbons (Fsp3) is 0.400. The first-order chi connectivity index (χ1) is 6.27. The van der Waals surface area contributed by atoms with Gasteiger partial charge in [-0.1, -0.05) is 17.7 Å². The van der Waals surface area contributed by atoms with Gasteiger partial charge < -0.3 is 10.5 Å². The first kappa shape index (κ1) is 10.4. The lowest BCUT2D eigenvalue weighted by molar-refractivity contribution is 0.415. The lowest BCUT2D eigenvalue weighted by Crippen LogP contribution is -2.00. The van der Waals surface area contributed by atoms with Gasteiger partial charge >= 0.3 is 0 Å². The van der Waals surface area contributed by atoms with E-state index in [-0.39, 0.29) is 0 Å². The van der Waals surface area contributed by atoms with Crippen LogP contribution in [0.25, 0.3) is 0 Å². The standard InChI is InChI=1S/C10H14ClNO/c1-13-10-5-4-8(3-2-6-12)7-9(10)11/h4-5,7H,2-3,6,12H2,1H3. The van der Waals surface area contributed by atoms with Crippen molar-refractivity contribution in [3.8, 4) is 5.75 Å². The smallest absolute Gasteiger partial charge is 0.137 e. The molecule has 0 radical (unpaired) electrons. The molecule has 0 spiro atoms. The van der Waals surface area contributed by atoms with Gasteiger partial charge in [-0.3, -0.25) is 0 Å². The third-order valence-corrected chi connectivity index (χ3v) is 2.18. The van der Waals surface area contributed by atoms with Gasteiger partial charge in [0.25, 0.3) is 0 Å². The van der Waals surface area contributed by atoms with Crippen molar-refractivity contribution < 1.29 is 4.74 Å². The van der Waals surface area contributed by atoms with E-state index in [2.05, 4.69) is 0 Å². The number of methoxy groups -OCH3 is 1. The molecule has 0 aliphatic rings. The molecule has 0 saturated carbocycles. The molecule has 0 bridgehead atoms. The van der Waals surface area contributed by atoms with Crippen LogP contribution in [0.2, 0.25) is 5.02 Å². The maximum absolute atomic E-state index is 5.95.